The molecular weight excluding hydrogens is 162 g/mol. The predicted molar refractivity (Wildman–Crippen MR) is 56.7 cm³/mol. The summed E-state index contributed by atoms with van der Waals surface area (Å²) < 4.78 is 0. The lowest BCUT2D eigenvalue weighted by atomic mass is 10.0. The van der Waals surface area contributed by atoms with E-state index in [4.69, 9.17) is 5.73 Å². The smallest absolute Gasteiger partial charge is 0.188 e. The number of nitrogens with two attached hydrogens (primary N) is 1. The van der Waals surface area contributed by atoms with Crippen molar-refractivity contribution in [2.75, 3.05) is 7.05 Å². The molecule has 1 aliphatic carbocycles. The third-order valence-electron chi connectivity index (χ3n) is 2.85. The minimum absolute atomic E-state index is 0.550. The summed E-state index contributed by atoms with van der Waals surface area (Å²) in [7, 11) is 1.72. The molecule has 0 radical (unpaired) electrons. The average molecular weight is 183 g/mol. The zero-order chi connectivity index (χ0) is 9.68. The largest absolute Gasteiger partial charge is 0.370 e. The van der Waals surface area contributed by atoms with Crippen LogP contribution in [0.25, 0.3) is 0 Å². The van der Waals surface area contributed by atoms with Crippen molar-refractivity contribution in [3.8, 4) is 0 Å². The number of rotatable bonds is 1. The minimum Gasteiger partial charge on any atom is -0.370 e. The molecule has 1 saturated carbocycles. The molecule has 2 unspecified atom stereocenters. The maximum atomic E-state index is 5.63. The Morgan fingerprint density at radius 1 is 1.31 bits per heavy atom. The Hall–Kier alpha value is -0.730. The molecule has 0 bridgehead atoms. The van der Waals surface area contributed by atoms with E-state index >= 15 is 0 Å². The second-order valence-corrected chi connectivity index (χ2v) is 4.06. The first-order chi connectivity index (χ1) is 6.22. The van der Waals surface area contributed by atoms with Gasteiger partial charge in [0.25, 0.3) is 0 Å². The third-order valence-corrected chi connectivity index (χ3v) is 2.85. The van der Waals surface area contributed by atoms with E-state index in [9.17, 15) is 0 Å². The lowest BCUT2D eigenvalue weighted by molar-refractivity contribution is 0.489. The van der Waals surface area contributed by atoms with Crippen LogP contribution in [-0.4, -0.2) is 19.0 Å². The number of hydrogen-bond acceptors (Lipinski definition) is 1. The molecule has 0 heterocycles. The zero-order valence-electron chi connectivity index (χ0n) is 8.71. The van der Waals surface area contributed by atoms with Crippen molar-refractivity contribution in [3.05, 3.63) is 0 Å². The highest BCUT2D eigenvalue weighted by atomic mass is 15.1. The highest BCUT2D eigenvalue weighted by molar-refractivity contribution is 5.77. The molecule has 0 aliphatic heterocycles. The van der Waals surface area contributed by atoms with E-state index in [1.165, 1.54) is 32.1 Å². The quantitative estimate of drug-likeness (QED) is 0.367. The number of nitrogens with one attached hydrogen (secondary N) is 1. The van der Waals surface area contributed by atoms with Crippen molar-refractivity contribution >= 4 is 5.96 Å². The van der Waals surface area contributed by atoms with Crippen molar-refractivity contribution in [1.82, 2.24) is 5.32 Å². The van der Waals surface area contributed by atoms with Gasteiger partial charge < -0.3 is 11.1 Å². The van der Waals surface area contributed by atoms with Crippen molar-refractivity contribution in [3.63, 3.8) is 0 Å². The van der Waals surface area contributed by atoms with Gasteiger partial charge in [0.2, 0.25) is 0 Å². The topological polar surface area (TPSA) is 50.4 Å². The Labute approximate surface area is 80.8 Å². The van der Waals surface area contributed by atoms with Gasteiger partial charge in [-0.25, -0.2) is 0 Å². The van der Waals surface area contributed by atoms with Crippen LogP contribution in [0, 0.1) is 5.92 Å². The van der Waals surface area contributed by atoms with Crippen LogP contribution in [0.1, 0.15) is 39.0 Å². The van der Waals surface area contributed by atoms with Crippen molar-refractivity contribution < 1.29 is 0 Å². The molecule has 0 aromatic rings. The van der Waals surface area contributed by atoms with E-state index in [-0.39, 0.29) is 0 Å². The highest BCUT2D eigenvalue weighted by Gasteiger charge is 2.15. The molecule has 2 atom stereocenters. The Kier molecular flexibility index (Phi) is 4.06. The Morgan fingerprint density at radius 3 is 2.77 bits per heavy atom. The van der Waals surface area contributed by atoms with E-state index in [1.807, 2.05) is 0 Å². The fourth-order valence-electron chi connectivity index (χ4n) is 1.91. The van der Waals surface area contributed by atoms with Crippen LogP contribution in [0.2, 0.25) is 0 Å². The molecule has 0 saturated heterocycles. The Bertz CT molecular complexity index is 177. The summed E-state index contributed by atoms with van der Waals surface area (Å²) in [4.78, 5) is 3.92. The molecule has 13 heavy (non-hydrogen) atoms. The summed E-state index contributed by atoms with van der Waals surface area (Å²) in [6, 6.07) is 0.550. The van der Waals surface area contributed by atoms with Crippen LogP contribution in [0.5, 0.6) is 0 Å². The van der Waals surface area contributed by atoms with Crippen LogP contribution < -0.4 is 11.1 Å². The third kappa shape index (κ3) is 3.66. The molecule has 0 spiro atoms. The van der Waals surface area contributed by atoms with Crippen LogP contribution in [0.3, 0.4) is 0 Å². The van der Waals surface area contributed by atoms with Crippen LogP contribution >= 0.6 is 0 Å². The zero-order valence-corrected chi connectivity index (χ0v) is 8.71. The van der Waals surface area contributed by atoms with Crippen molar-refractivity contribution in [2.45, 2.75) is 45.1 Å². The SMILES string of the molecule is CN=C(N)NC1CCCC(C)CC1. The van der Waals surface area contributed by atoms with E-state index in [0.717, 1.165) is 5.92 Å². The second kappa shape index (κ2) is 5.10. The van der Waals surface area contributed by atoms with Crippen molar-refractivity contribution in [2.24, 2.45) is 16.6 Å². The molecule has 1 aliphatic rings. The van der Waals surface area contributed by atoms with Gasteiger partial charge in [-0.15, -0.1) is 0 Å². The first-order valence-corrected chi connectivity index (χ1v) is 5.21. The van der Waals surface area contributed by atoms with Gasteiger partial charge in [0.05, 0.1) is 0 Å². The minimum atomic E-state index is 0.550. The molecular formula is C10H21N3. The molecule has 0 aromatic heterocycles. The lowest BCUT2D eigenvalue weighted by Crippen LogP contribution is -2.39. The maximum Gasteiger partial charge on any atom is 0.188 e. The molecule has 3 heteroatoms. The first-order valence-electron chi connectivity index (χ1n) is 5.21. The van der Waals surface area contributed by atoms with Gasteiger partial charge in [0, 0.05) is 13.1 Å². The molecule has 3 N–H and O–H groups in total. The van der Waals surface area contributed by atoms with Gasteiger partial charge in [-0.3, -0.25) is 4.99 Å². The Morgan fingerprint density at radius 2 is 2.08 bits per heavy atom. The van der Waals surface area contributed by atoms with Gasteiger partial charge in [-0.05, 0) is 25.2 Å². The standard InChI is InChI=1S/C10H21N3/c1-8-4-3-5-9(7-6-8)13-10(11)12-2/h8-9H,3-7H2,1-2H3,(H3,11,12,13). The van der Waals surface area contributed by atoms with Crippen LogP contribution in [-0.2, 0) is 0 Å². The molecule has 1 rings (SSSR count). The lowest BCUT2D eigenvalue weighted by Gasteiger charge is -2.16. The number of nitrogens with zero attached hydrogens (tertiary/aromatic N) is 1. The summed E-state index contributed by atoms with van der Waals surface area (Å²) in [5, 5.41) is 3.26. The molecule has 3 nitrogen and oxygen atoms in total. The monoisotopic (exact) mass is 183 g/mol. The van der Waals surface area contributed by atoms with Gasteiger partial charge in [0.15, 0.2) is 5.96 Å². The number of aliphatic imine (C=N–C) groups is 1. The Balaban J connectivity index is 2.34. The van der Waals surface area contributed by atoms with Crippen LogP contribution in [0.15, 0.2) is 4.99 Å². The molecule has 0 aromatic carbocycles. The summed E-state index contributed by atoms with van der Waals surface area (Å²) in [5.41, 5.74) is 5.63. The van der Waals surface area contributed by atoms with E-state index in [0.29, 0.717) is 12.0 Å². The highest BCUT2D eigenvalue weighted by Crippen LogP contribution is 2.22. The normalized spacial score (nSPS) is 31.1. The maximum absolute atomic E-state index is 5.63. The van der Waals surface area contributed by atoms with Gasteiger partial charge in [-0.2, -0.15) is 0 Å². The number of guanidine groups is 1. The number of hydrogen-bond donors (Lipinski definition) is 2. The van der Waals surface area contributed by atoms with E-state index in [2.05, 4.69) is 17.2 Å². The second-order valence-electron chi connectivity index (χ2n) is 4.06. The summed E-state index contributed by atoms with van der Waals surface area (Å²) in [6.45, 7) is 2.33. The predicted octanol–water partition coefficient (Wildman–Crippen LogP) is 1.49. The molecule has 0 amide bonds. The summed E-state index contributed by atoms with van der Waals surface area (Å²) >= 11 is 0. The van der Waals surface area contributed by atoms with Crippen LogP contribution in [0.4, 0.5) is 0 Å². The summed E-state index contributed by atoms with van der Waals surface area (Å²) in [6.07, 6.45) is 6.46. The van der Waals surface area contributed by atoms with E-state index in [1.54, 1.807) is 7.05 Å². The molecule has 1 fully saturated rings. The summed E-state index contributed by atoms with van der Waals surface area (Å²) in [5.74, 6) is 1.46. The molecule has 76 valence electrons. The first kappa shape index (κ1) is 10.4. The van der Waals surface area contributed by atoms with Gasteiger partial charge in [-0.1, -0.05) is 19.8 Å². The average Bonchev–Trinajstić information content (AvgIpc) is 2.31. The van der Waals surface area contributed by atoms with Gasteiger partial charge in [0.1, 0.15) is 0 Å². The van der Waals surface area contributed by atoms with E-state index < -0.39 is 0 Å². The fourth-order valence-corrected chi connectivity index (χ4v) is 1.91. The fraction of sp³-hybridized carbons (Fsp3) is 0.900. The van der Waals surface area contributed by atoms with Crippen molar-refractivity contribution in [1.29, 1.82) is 0 Å². The van der Waals surface area contributed by atoms with Gasteiger partial charge >= 0.3 is 0 Å².